The smallest absolute Gasteiger partial charge is 0.253 e. The van der Waals surface area contributed by atoms with Crippen molar-refractivity contribution in [3.63, 3.8) is 0 Å². The van der Waals surface area contributed by atoms with Crippen LogP contribution in [0, 0.1) is 6.92 Å². The SMILES string of the molecule is Cc1cc(C(=O)N2CCC3(CC2)CC(OCCOC(C)C)CCO3)ccn1. The minimum Gasteiger partial charge on any atom is -0.376 e. The van der Waals surface area contributed by atoms with Crippen molar-refractivity contribution in [2.75, 3.05) is 32.9 Å². The Morgan fingerprint density at radius 3 is 2.85 bits per heavy atom. The van der Waals surface area contributed by atoms with E-state index < -0.39 is 0 Å². The lowest BCUT2D eigenvalue weighted by molar-refractivity contribution is -0.156. The van der Waals surface area contributed by atoms with Crippen molar-refractivity contribution < 1.29 is 19.0 Å². The Balaban J connectivity index is 1.49. The lowest BCUT2D eigenvalue weighted by Gasteiger charge is -2.46. The molecule has 2 aliphatic heterocycles. The number of amides is 1. The molecule has 0 aliphatic carbocycles. The Morgan fingerprint density at radius 1 is 1.37 bits per heavy atom. The third-order valence-electron chi connectivity index (χ3n) is 5.44. The van der Waals surface area contributed by atoms with E-state index in [0.717, 1.165) is 56.6 Å². The number of aromatic nitrogens is 1. The van der Waals surface area contributed by atoms with Gasteiger partial charge in [-0.3, -0.25) is 9.78 Å². The summed E-state index contributed by atoms with van der Waals surface area (Å²) in [5.74, 6) is 0.0878. The van der Waals surface area contributed by atoms with E-state index in [1.165, 1.54) is 0 Å². The van der Waals surface area contributed by atoms with Crippen LogP contribution in [0.1, 0.15) is 55.6 Å². The monoisotopic (exact) mass is 376 g/mol. The van der Waals surface area contributed by atoms with Gasteiger partial charge >= 0.3 is 0 Å². The van der Waals surface area contributed by atoms with Crippen molar-refractivity contribution in [1.29, 1.82) is 0 Å². The van der Waals surface area contributed by atoms with Crippen LogP contribution in [0.3, 0.4) is 0 Å². The fourth-order valence-electron chi connectivity index (χ4n) is 3.95. The molecule has 0 aromatic carbocycles. The highest BCUT2D eigenvalue weighted by molar-refractivity contribution is 5.94. The zero-order valence-corrected chi connectivity index (χ0v) is 16.8. The molecular weight excluding hydrogens is 344 g/mol. The minimum atomic E-state index is -0.146. The molecule has 0 saturated carbocycles. The summed E-state index contributed by atoms with van der Waals surface area (Å²) in [6.45, 7) is 9.42. The molecule has 150 valence electrons. The van der Waals surface area contributed by atoms with Gasteiger partial charge < -0.3 is 19.1 Å². The number of likely N-dealkylation sites (tertiary alicyclic amines) is 1. The minimum absolute atomic E-state index is 0.0878. The summed E-state index contributed by atoms with van der Waals surface area (Å²) in [5, 5.41) is 0. The predicted octanol–water partition coefficient (Wildman–Crippen LogP) is 2.99. The number of pyridine rings is 1. The number of piperidine rings is 1. The van der Waals surface area contributed by atoms with Crippen LogP contribution in [0.4, 0.5) is 0 Å². The Hall–Kier alpha value is -1.50. The highest BCUT2D eigenvalue weighted by Gasteiger charge is 2.41. The van der Waals surface area contributed by atoms with Crippen LogP contribution >= 0.6 is 0 Å². The molecule has 6 nitrogen and oxygen atoms in total. The van der Waals surface area contributed by atoms with Crippen LogP contribution in [-0.4, -0.2) is 66.5 Å². The molecule has 1 atom stereocenters. The normalized spacial score (nSPS) is 22.4. The molecule has 1 spiro atoms. The summed E-state index contributed by atoms with van der Waals surface area (Å²) in [6.07, 6.45) is 5.73. The average molecular weight is 376 g/mol. The van der Waals surface area contributed by atoms with Gasteiger partial charge in [-0.05, 0) is 52.2 Å². The predicted molar refractivity (Wildman–Crippen MR) is 103 cm³/mol. The lowest BCUT2D eigenvalue weighted by atomic mass is 9.83. The molecule has 27 heavy (non-hydrogen) atoms. The molecule has 2 saturated heterocycles. The van der Waals surface area contributed by atoms with Crippen molar-refractivity contribution in [1.82, 2.24) is 9.88 Å². The first kappa shape index (κ1) is 20.2. The third kappa shape index (κ3) is 5.50. The Morgan fingerprint density at radius 2 is 2.15 bits per heavy atom. The lowest BCUT2D eigenvalue weighted by Crippen LogP contribution is -2.52. The molecule has 3 rings (SSSR count). The van der Waals surface area contributed by atoms with Gasteiger partial charge in [0.1, 0.15) is 0 Å². The van der Waals surface area contributed by atoms with Gasteiger partial charge in [0.15, 0.2) is 0 Å². The van der Waals surface area contributed by atoms with Crippen LogP contribution in [0.5, 0.6) is 0 Å². The summed E-state index contributed by atoms with van der Waals surface area (Å²) < 4.78 is 17.8. The van der Waals surface area contributed by atoms with Gasteiger partial charge in [0, 0.05) is 43.6 Å². The first-order valence-electron chi connectivity index (χ1n) is 10.1. The maximum Gasteiger partial charge on any atom is 0.253 e. The van der Waals surface area contributed by atoms with E-state index in [9.17, 15) is 4.79 Å². The fourth-order valence-corrected chi connectivity index (χ4v) is 3.95. The zero-order chi connectivity index (χ0) is 19.3. The van der Waals surface area contributed by atoms with Gasteiger partial charge in [0.05, 0.1) is 31.0 Å². The molecule has 1 aromatic rings. The van der Waals surface area contributed by atoms with Crippen LogP contribution in [-0.2, 0) is 14.2 Å². The maximum absolute atomic E-state index is 12.7. The molecule has 1 aromatic heterocycles. The molecule has 2 fully saturated rings. The second-order valence-electron chi connectivity index (χ2n) is 7.91. The van der Waals surface area contributed by atoms with E-state index in [0.29, 0.717) is 13.2 Å². The second-order valence-corrected chi connectivity index (χ2v) is 7.91. The van der Waals surface area contributed by atoms with E-state index in [4.69, 9.17) is 14.2 Å². The largest absolute Gasteiger partial charge is 0.376 e. The summed E-state index contributed by atoms with van der Waals surface area (Å²) >= 11 is 0. The van der Waals surface area contributed by atoms with Crippen molar-refractivity contribution in [3.05, 3.63) is 29.6 Å². The second kappa shape index (κ2) is 9.13. The first-order valence-corrected chi connectivity index (χ1v) is 10.1. The molecule has 3 heterocycles. The van der Waals surface area contributed by atoms with Gasteiger partial charge in [-0.25, -0.2) is 0 Å². The first-order chi connectivity index (χ1) is 13.0. The van der Waals surface area contributed by atoms with Gasteiger partial charge in [0.25, 0.3) is 5.91 Å². The number of aryl methyl sites for hydroxylation is 1. The van der Waals surface area contributed by atoms with Crippen LogP contribution in [0.2, 0.25) is 0 Å². The average Bonchev–Trinajstić information content (AvgIpc) is 2.65. The van der Waals surface area contributed by atoms with Gasteiger partial charge in [-0.1, -0.05) is 0 Å². The number of carbonyl (C=O) groups is 1. The number of hydrogen-bond donors (Lipinski definition) is 0. The van der Waals surface area contributed by atoms with Crippen LogP contribution in [0.15, 0.2) is 18.3 Å². The van der Waals surface area contributed by atoms with E-state index in [1.54, 1.807) is 12.3 Å². The van der Waals surface area contributed by atoms with Crippen molar-refractivity contribution in [3.8, 4) is 0 Å². The van der Waals surface area contributed by atoms with Crippen LogP contribution in [0.25, 0.3) is 0 Å². The molecule has 1 amide bonds. The Bertz CT molecular complexity index is 626. The number of hydrogen-bond acceptors (Lipinski definition) is 5. The summed E-state index contributed by atoms with van der Waals surface area (Å²) in [6, 6.07) is 3.65. The van der Waals surface area contributed by atoms with Crippen molar-refractivity contribution in [2.45, 2.75) is 64.3 Å². The van der Waals surface area contributed by atoms with E-state index in [2.05, 4.69) is 4.98 Å². The molecular formula is C21H32N2O4. The number of carbonyl (C=O) groups excluding carboxylic acids is 1. The molecule has 0 bridgehead atoms. The summed E-state index contributed by atoms with van der Waals surface area (Å²) in [7, 11) is 0. The molecule has 0 radical (unpaired) electrons. The topological polar surface area (TPSA) is 60.9 Å². The molecule has 0 N–H and O–H groups in total. The van der Waals surface area contributed by atoms with Crippen LogP contribution < -0.4 is 0 Å². The quantitative estimate of drug-likeness (QED) is 0.715. The molecule has 2 aliphatic rings. The van der Waals surface area contributed by atoms with Crippen molar-refractivity contribution >= 4 is 5.91 Å². The number of ether oxygens (including phenoxy) is 3. The van der Waals surface area contributed by atoms with Gasteiger partial charge in [-0.15, -0.1) is 0 Å². The standard InChI is InChI=1S/C21H32N2O4/c1-16(2)25-12-13-26-19-5-11-27-21(15-19)6-9-23(10-7-21)20(24)18-4-8-22-17(3)14-18/h4,8,14,16,19H,5-7,9-13,15H2,1-3H3. The Labute approximate surface area is 162 Å². The van der Waals surface area contributed by atoms with E-state index >= 15 is 0 Å². The highest BCUT2D eigenvalue weighted by Crippen LogP contribution is 2.36. The number of nitrogens with zero attached hydrogens (tertiary/aromatic N) is 2. The fraction of sp³-hybridized carbons (Fsp3) is 0.714. The molecule has 6 heteroatoms. The van der Waals surface area contributed by atoms with Gasteiger partial charge in [-0.2, -0.15) is 0 Å². The van der Waals surface area contributed by atoms with E-state index in [1.807, 2.05) is 31.7 Å². The number of rotatable bonds is 6. The van der Waals surface area contributed by atoms with Gasteiger partial charge in [0.2, 0.25) is 0 Å². The summed E-state index contributed by atoms with van der Waals surface area (Å²) in [4.78, 5) is 18.8. The zero-order valence-electron chi connectivity index (χ0n) is 16.8. The highest BCUT2D eigenvalue weighted by atomic mass is 16.5. The molecule has 1 unspecified atom stereocenters. The van der Waals surface area contributed by atoms with E-state index in [-0.39, 0.29) is 23.7 Å². The maximum atomic E-state index is 12.7. The Kier molecular flexibility index (Phi) is 6.84. The summed E-state index contributed by atoms with van der Waals surface area (Å²) in [5.41, 5.74) is 1.44. The van der Waals surface area contributed by atoms with Crippen molar-refractivity contribution in [2.24, 2.45) is 0 Å². The third-order valence-corrected chi connectivity index (χ3v) is 5.44.